The number of imidazole rings is 1. The molecule has 0 spiro atoms. The van der Waals surface area contributed by atoms with Crippen LogP contribution in [0.1, 0.15) is 11.1 Å². The van der Waals surface area contributed by atoms with E-state index in [0.29, 0.717) is 5.02 Å². The second-order valence-electron chi connectivity index (χ2n) is 5.32. The second kappa shape index (κ2) is 8.30. The molecule has 0 saturated heterocycles. The summed E-state index contributed by atoms with van der Waals surface area (Å²) in [6.07, 6.45) is 6.36. The van der Waals surface area contributed by atoms with Crippen molar-refractivity contribution >= 4 is 46.6 Å². The highest BCUT2D eigenvalue weighted by Crippen LogP contribution is 2.38. The van der Waals surface area contributed by atoms with Crippen molar-refractivity contribution in [2.24, 2.45) is 0 Å². The van der Waals surface area contributed by atoms with E-state index in [1.165, 1.54) is 5.56 Å². The molecule has 0 fully saturated rings. The zero-order valence-electron chi connectivity index (χ0n) is 12.8. The van der Waals surface area contributed by atoms with Crippen LogP contribution in [-0.4, -0.2) is 9.55 Å². The first kappa shape index (κ1) is 17.7. The zero-order valence-corrected chi connectivity index (χ0v) is 15.8. The molecular weight excluding hydrogens is 383 g/mol. The molecule has 0 aliphatic heterocycles. The minimum atomic E-state index is 0.686. The fraction of sp³-hybridized carbons (Fsp3) is 0.167. The van der Waals surface area contributed by atoms with E-state index < -0.39 is 0 Å². The fourth-order valence-electron chi connectivity index (χ4n) is 2.30. The average Bonchev–Trinajstić information content (AvgIpc) is 3.09. The van der Waals surface area contributed by atoms with Gasteiger partial charge in [-0.25, -0.2) is 4.98 Å². The summed E-state index contributed by atoms with van der Waals surface area (Å²) >= 11 is 20.5. The molecule has 0 aliphatic rings. The second-order valence-corrected chi connectivity index (χ2v) is 7.52. The van der Waals surface area contributed by atoms with E-state index in [9.17, 15) is 0 Å². The average molecular weight is 398 g/mol. The van der Waals surface area contributed by atoms with Gasteiger partial charge in [0.2, 0.25) is 0 Å². The van der Waals surface area contributed by atoms with Crippen LogP contribution >= 0.6 is 46.6 Å². The van der Waals surface area contributed by atoms with Crippen LogP contribution in [0.4, 0.5) is 0 Å². The van der Waals surface area contributed by atoms with Gasteiger partial charge in [-0.3, -0.25) is 0 Å². The zero-order chi connectivity index (χ0) is 16.9. The molecule has 2 nitrogen and oxygen atoms in total. The maximum absolute atomic E-state index is 6.59. The standard InChI is InChI=1S/C18H15Cl3N2S/c19-15-4-1-13(2-5-15)11-24-18-16(20)6-3-14(17(18)21)7-9-23-10-8-22-12-23/h1-6,8,10,12H,7,9,11H2. The Balaban J connectivity index is 1.72. The maximum Gasteiger partial charge on any atom is 0.0946 e. The predicted molar refractivity (Wildman–Crippen MR) is 103 cm³/mol. The Bertz CT molecular complexity index is 802. The molecule has 0 aliphatic carbocycles. The van der Waals surface area contributed by atoms with Crippen molar-refractivity contribution in [3.63, 3.8) is 0 Å². The van der Waals surface area contributed by atoms with E-state index in [1.807, 2.05) is 47.2 Å². The number of benzene rings is 2. The summed E-state index contributed by atoms with van der Waals surface area (Å²) in [5, 5.41) is 2.16. The molecule has 24 heavy (non-hydrogen) atoms. The summed E-state index contributed by atoms with van der Waals surface area (Å²) in [5.41, 5.74) is 2.27. The molecule has 124 valence electrons. The van der Waals surface area contributed by atoms with Crippen molar-refractivity contribution < 1.29 is 0 Å². The van der Waals surface area contributed by atoms with Crippen LogP contribution in [0.15, 0.2) is 60.0 Å². The molecule has 3 rings (SSSR count). The normalized spacial score (nSPS) is 11.0. The van der Waals surface area contributed by atoms with Crippen molar-refractivity contribution in [3.8, 4) is 0 Å². The van der Waals surface area contributed by atoms with Crippen molar-refractivity contribution in [1.29, 1.82) is 0 Å². The van der Waals surface area contributed by atoms with E-state index in [4.69, 9.17) is 34.8 Å². The Morgan fingerprint density at radius 3 is 2.50 bits per heavy atom. The Labute approximate surface area is 160 Å². The molecule has 0 saturated carbocycles. The molecule has 2 aromatic carbocycles. The lowest BCUT2D eigenvalue weighted by Gasteiger charge is -2.12. The Morgan fingerprint density at radius 1 is 1.00 bits per heavy atom. The molecule has 0 bridgehead atoms. The predicted octanol–water partition coefficient (Wildman–Crippen LogP) is 6.38. The third kappa shape index (κ3) is 4.48. The van der Waals surface area contributed by atoms with Crippen molar-refractivity contribution in [2.75, 3.05) is 0 Å². The highest BCUT2D eigenvalue weighted by atomic mass is 35.5. The molecule has 0 atom stereocenters. The monoisotopic (exact) mass is 396 g/mol. The Hall–Kier alpha value is -1.13. The maximum atomic E-state index is 6.59. The molecule has 0 N–H and O–H groups in total. The summed E-state index contributed by atoms with van der Waals surface area (Å²) in [5.74, 6) is 0.793. The number of aryl methyl sites for hydroxylation is 2. The lowest BCUT2D eigenvalue weighted by molar-refractivity contribution is 0.695. The van der Waals surface area contributed by atoms with Crippen LogP contribution in [0, 0.1) is 0 Å². The summed E-state index contributed by atoms with van der Waals surface area (Å²) < 4.78 is 2.03. The topological polar surface area (TPSA) is 17.8 Å². The van der Waals surface area contributed by atoms with Gasteiger partial charge in [0.1, 0.15) is 0 Å². The molecule has 0 amide bonds. The van der Waals surface area contributed by atoms with Crippen LogP contribution in [0.5, 0.6) is 0 Å². The number of hydrogen-bond donors (Lipinski definition) is 0. The van der Waals surface area contributed by atoms with Gasteiger partial charge >= 0.3 is 0 Å². The Kier molecular flexibility index (Phi) is 6.12. The summed E-state index contributed by atoms with van der Waals surface area (Å²) in [4.78, 5) is 4.98. The van der Waals surface area contributed by atoms with E-state index in [2.05, 4.69) is 4.98 Å². The lowest BCUT2D eigenvalue weighted by Crippen LogP contribution is -1.99. The number of halogens is 3. The van der Waals surface area contributed by atoms with Gasteiger partial charge in [-0.1, -0.05) is 53.0 Å². The largest absolute Gasteiger partial charge is 0.337 e. The van der Waals surface area contributed by atoms with E-state index in [1.54, 1.807) is 24.3 Å². The third-order valence-corrected chi connectivity index (χ3v) is 6.04. The molecule has 3 aromatic rings. The van der Waals surface area contributed by atoms with Crippen LogP contribution in [0.25, 0.3) is 0 Å². The van der Waals surface area contributed by atoms with E-state index in [0.717, 1.165) is 39.2 Å². The van der Waals surface area contributed by atoms with Crippen LogP contribution in [-0.2, 0) is 18.7 Å². The number of nitrogens with zero attached hydrogens (tertiary/aromatic N) is 2. The summed E-state index contributed by atoms with van der Waals surface area (Å²) in [6, 6.07) is 11.7. The van der Waals surface area contributed by atoms with Gasteiger partial charge in [-0.05, 0) is 35.7 Å². The van der Waals surface area contributed by atoms with Crippen LogP contribution < -0.4 is 0 Å². The van der Waals surface area contributed by atoms with Gasteiger partial charge in [0.15, 0.2) is 0 Å². The van der Waals surface area contributed by atoms with Gasteiger partial charge < -0.3 is 4.57 Å². The minimum absolute atomic E-state index is 0.686. The van der Waals surface area contributed by atoms with Crippen LogP contribution in [0.2, 0.25) is 15.1 Å². The first-order valence-corrected chi connectivity index (χ1v) is 9.55. The highest BCUT2D eigenvalue weighted by Gasteiger charge is 2.12. The summed E-state index contributed by atoms with van der Waals surface area (Å²) in [6.45, 7) is 0.836. The molecule has 6 heteroatoms. The molecule has 0 unspecified atom stereocenters. The highest BCUT2D eigenvalue weighted by molar-refractivity contribution is 7.98. The molecular formula is C18H15Cl3N2S. The van der Waals surface area contributed by atoms with Gasteiger partial charge in [0.05, 0.1) is 16.4 Å². The number of aromatic nitrogens is 2. The number of hydrogen-bond acceptors (Lipinski definition) is 2. The number of rotatable bonds is 6. The minimum Gasteiger partial charge on any atom is -0.337 e. The third-order valence-electron chi connectivity index (χ3n) is 3.62. The van der Waals surface area contributed by atoms with Crippen molar-refractivity contribution in [3.05, 3.63) is 81.3 Å². The lowest BCUT2D eigenvalue weighted by atomic mass is 10.1. The Morgan fingerprint density at radius 2 is 1.79 bits per heavy atom. The van der Waals surface area contributed by atoms with Gasteiger partial charge in [0.25, 0.3) is 0 Å². The summed E-state index contributed by atoms with van der Waals surface area (Å²) in [7, 11) is 0. The molecule has 1 heterocycles. The molecule has 0 radical (unpaired) electrons. The first-order chi connectivity index (χ1) is 11.6. The van der Waals surface area contributed by atoms with Crippen molar-refractivity contribution in [2.45, 2.75) is 23.6 Å². The smallest absolute Gasteiger partial charge is 0.0946 e. The quantitative estimate of drug-likeness (QED) is 0.449. The van der Waals surface area contributed by atoms with E-state index in [-0.39, 0.29) is 0 Å². The number of thioether (sulfide) groups is 1. The SMILES string of the molecule is Clc1ccc(CSc2c(Cl)ccc(CCn3ccnc3)c2Cl)cc1. The van der Waals surface area contributed by atoms with Gasteiger partial charge in [0, 0.05) is 34.6 Å². The van der Waals surface area contributed by atoms with Crippen LogP contribution in [0.3, 0.4) is 0 Å². The fourth-order valence-corrected chi connectivity index (χ4v) is 4.19. The van der Waals surface area contributed by atoms with Gasteiger partial charge in [-0.15, -0.1) is 11.8 Å². The van der Waals surface area contributed by atoms with Crippen molar-refractivity contribution in [1.82, 2.24) is 9.55 Å². The van der Waals surface area contributed by atoms with Gasteiger partial charge in [-0.2, -0.15) is 0 Å². The first-order valence-electron chi connectivity index (χ1n) is 7.43. The van der Waals surface area contributed by atoms with E-state index >= 15 is 0 Å². The molecule has 1 aromatic heterocycles.